The van der Waals surface area contributed by atoms with E-state index in [1.807, 2.05) is 19.9 Å². The van der Waals surface area contributed by atoms with Crippen molar-refractivity contribution in [3.05, 3.63) is 58.4 Å². The Morgan fingerprint density at radius 3 is 2.39 bits per heavy atom. The molecule has 0 spiro atoms. The monoisotopic (exact) mass is 332 g/mol. The van der Waals surface area contributed by atoms with Crippen molar-refractivity contribution in [2.24, 2.45) is 0 Å². The van der Waals surface area contributed by atoms with E-state index in [9.17, 15) is 9.18 Å². The van der Waals surface area contributed by atoms with Gasteiger partial charge < -0.3 is 4.74 Å². The van der Waals surface area contributed by atoms with Crippen molar-refractivity contribution in [1.29, 1.82) is 0 Å². The molecule has 0 aliphatic rings. The zero-order valence-corrected chi connectivity index (χ0v) is 14.0. The lowest BCUT2D eigenvalue weighted by Gasteiger charge is -2.20. The second-order valence-corrected chi connectivity index (χ2v) is 5.83. The van der Waals surface area contributed by atoms with Gasteiger partial charge in [-0.05, 0) is 46.9 Å². The van der Waals surface area contributed by atoms with Crippen molar-refractivity contribution in [3.8, 4) is 16.9 Å². The summed E-state index contributed by atoms with van der Waals surface area (Å²) < 4.78 is 18.7. The van der Waals surface area contributed by atoms with Crippen LogP contribution in [0.25, 0.3) is 17.2 Å². The maximum atomic E-state index is 13.3. The second kappa shape index (κ2) is 7.42. The number of benzene rings is 2. The zero-order chi connectivity index (χ0) is 17.0. The molecule has 0 unspecified atom stereocenters. The molecule has 0 fully saturated rings. The van der Waals surface area contributed by atoms with E-state index < -0.39 is 0 Å². The van der Waals surface area contributed by atoms with Gasteiger partial charge in [-0.3, -0.25) is 4.79 Å². The van der Waals surface area contributed by atoms with E-state index in [0.717, 1.165) is 28.5 Å². The summed E-state index contributed by atoms with van der Waals surface area (Å²) in [5.41, 5.74) is 3.37. The van der Waals surface area contributed by atoms with Crippen LogP contribution < -0.4 is 4.74 Å². The first kappa shape index (κ1) is 17.2. The summed E-state index contributed by atoms with van der Waals surface area (Å²) in [6.07, 6.45) is 3.89. The van der Waals surface area contributed by atoms with Crippen molar-refractivity contribution in [2.75, 3.05) is 7.11 Å². The number of rotatable bonds is 5. The van der Waals surface area contributed by atoms with E-state index in [1.54, 1.807) is 18.2 Å². The lowest BCUT2D eigenvalue weighted by Crippen LogP contribution is -2.00. The minimum absolute atomic E-state index is 0.198. The Bertz CT molecular complexity index is 734. The largest absolute Gasteiger partial charge is 0.495 e. The van der Waals surface area contributed by atoms with Gasteiger partial charge in [0.25, 0.3) is 0 Å². The first-order chi connectivity index (χ1) is 11.0. The van der Waals surface area contributed by atoms with Crippen LogP contribution in [0.1, 0.15) is 30.9 Å². The summed E-state index contributed by atoms with van der Waals surface area (Å²) in [7, 11) is 1.54. The molecule has 0 radical (unpaired) electrons. The lowest BCUT2D eigenvalue weighted by molar-refractivity contribution is -0.104. The molecule has 0 amide bonds. The molecule has 2 rings (SSSR count). The van der Waals surface area contributed by atoms with Gasteiger partial charge in [0.2, 0.25) is 0 Å². The third-order valence-electron chi connectivity index (χ3n) is 3.61. The van der Waals surface area contributed by atoms with Crippen molar-refractivity contribution < 1.29 is 13.9 Å². The molecule has 0 N–H and O–H groups in total. The van der Waals surface area contributed by atoms with E-state index in [0.29, 0.717) is 10.8 Å². The van der Waals surface area contributed by atoms with Gasteiger partial charge in [0.05, 0.1) is 12.1 Å². The van der Waals surface area contributed by atoms with Gasteiger partial charge in [0, 0.05) is 5.56 Å². The number of ether oxygens (including phenoxy) is 1. The average Bonchev–Trinajstić information content (AvgIpc) is 2.53. The van der Waals surface area contributed by atoms with E-state index in [4.69, 9.17) is 16.3 Å². The van der Waals surface area contributed by atoms with Crippen LogP contribution in [0.15, 0.2) is 36.4 Å². The molecule has 120 valence electrons. The van der Waals surface area contributed by atoms with Gasteiger partial charge in [0.1, 0.15) is 17.9 Å². The first-order valence-electron chi connectivity index (χ1n) is 7.27. The minimum Gasteiger partial charge on any atom is -0.495 e. The Balaban J connectivity index is 2.85. The molecule has 0 bridgehead atoms. The van der Waals surface area contributed by atoms with Crippen LogP contribution in [0.5, 0.6) is 5.75 Å². The standard InChI is InChI=1S/C19H18ClFO2/c1-12(2)16-11-17(20)19(23-3)18(15(16)5-4-10-22)13-6-8-14(21)9-7-13/h4-12H,1-3H3. The predicted molar refractivity (Wildman–Crippen MR) is 92.6 cm³/mol. The summed E-state index contributed by atoms with van der Waals surface area (Å²) >= 11 is 6.37. The van der Waals surface area contributed by atoms with Crippen LogP contribution in [-0.4, -0.2) is 13.4 Å². The second-order valence-electron chi connectivity index (χ2n) is 5.43. The van der Waals surface area contributed by atoms with Crippen molar-refractivity contribution in [1.82, 2.24) is 0 Å². The highest BCUT2D eigenvalue weighted by molar-refractivity contribution is 6.32. The normalized spacial score (nSPS) is 11.2. The van der Waals surface area contributed by atoms with Crippen LogP contribution in [0.4, 0.5) is 4.39 Å². The quantitative estimate of drug-likeness (QED) is 0.534. The zero-order valence-electron chi connectivity index (χ0n) is 13.3. The molecule has 4 heteroatoms. The smallest absolute Gasteiger partial charge is 0.145 e. The maximum absolute atomic E-state index is 13.3. The first-order valence-corrected chi connectivity index (χ1v) is 7.65. The Labute approximate surface area is 140 Å². The number of halogens is 2. The summed E-state index contributed by atoms with van der Waals surface area (Å²) in [5, 5.41) is 0.485. The minimum atomic E-state index is -0.316. The van der Waals surface area contributed by atoms with Crippen LogP contribution in [0.2, 0.25) is 5.02 Å². The summed E-state index contributed by atoms with van der Waals surface area (Å²) in [5.74, 6) is 0.390. The molecular weight excluding hydrogens is 315 g/mol. The van der Waals surface area contributed by atoms with Gasteiger partial charge in [-0.1, -0.05) is 43.7 Å². The maximum Gasteiger partial charge on any atom is 0.145 e. The molecule has 0 heterocycles. The Kier molecular flexibility index (Phi) is 5.56. The van der Waals surface area contributed by atoms with Gasteiger partial charge in [0.15, 0.2) is 0 Å². The average molecular weight is 333 g/mol. The molecule has 0 aromatic heterocycles. The highest BCUT2D eigenvalue weighted by atomic mass is 35.5. The van der Waals surface area contributed by atoms with Crippen molar-refractivity contribution in [3.63, 3.8) is 0 Å². The fourth-order valence-electron chi connectivity index (χ4n) is 2.56. The van der Waals surface area contributed by atoms with Crippen LogP contribution in [-0.2, 0) is 4.79 Å². The molecule has 0 atom stereocenters. The van der Waals surface area contributed by atoms with Crippen LogP contribution >= 0.6 is 11.6 Å². The molecule has 2 nitrogen and oxygen atoms in total. The lowest BCUT2D eigenvalue weighted by atomic mass is 9.89. The highest BCUT2D eigenvalue weighted by Crippen LogP contribution is 2.43. The number of aldehydes is 1. The SMILES string of the molecule is COc1c(Cl)cc(C(C)C)c(C=CC=O)c1-c1ccc(F)cc1. The predicted octanol–water partition coefficient (Wildman–Crippen LogP) is 5.49. The molecule has 0 saturated heterocycles. The fraction of sp³-hybridized carbons (Fsp3) is 0.211. The molecule has 0 aliphatic carbocycles. The Morgan fingerprint density at radius 2 is 1.87 bits per heavy atom. The third-order valence-corrected chi connectivity index (χ3v) is 3.89. The molecule has 2 aromatic carbocycles. The highest BCUT2D eigenvalue weighted by Gasteiger charge is 2.19. The Hall–Kier alpha value is -2.13. The number of methoxy groups -OCH3 is 1. The van der Waals surface area contributed by atoms with Crippen molar-refractivity contribution >= 4 is 24.0 Å². The van der Waals surface area contributed by atoms with Crippen LogP contribution in [0, 0.1) is 5.82 Å². The van der Waals surface area contributed by atoms with E-state index in [-0.39, 0.29) is 11.7 Å². The third kappa shape index (κ3) is 3.62. The summed E-state index contributed by atoms with van der Waals surface area (Å²) in [6, 6.07) is 7.97. The number of allylic oxidation sites excluding steroid dienone is 1. The number of hydrogen-bond acceptors (Lipinski definition) is 2. The molecule has 0 aliphatic heterocycles. The van der Waals surface area contributed by atoms with Gasteiger partial charge >= 0.3 is 0 Å². The van der Waals surface area contributed by atoms with E-state index in [1.165, 1.54) is 25.3 Å². The number of carbonyl (C=O) groups is 1. The van der Waals surface area contributed by atoms with Gasteiger partial charge in [-0.25, -0.2) is 4.39 Å². The fourth-order valence-corrected chi connectivity index (χ4v) is 2.85. The summed E-state index contributed by atoms with van der Waals surface area (Å²) in [4.78, 5) is 10.8. The van der Waals surface area contributed by atoms with E-state index >= 15 is 0 Å². The number of hydrogen-bond donors (Lipinski definition) is 0. The van der Waals surface area contributed by atoms with Crippen molar-refractivity contribution in [2.45, 2.75) is 19.8 Å². The summed E-state index contributed by atoms with van der Waals surface area (Å²) in [6.45, 7) is 4.09. The molecule has 23 heavy (non-hydrogen) atoms. The number of carbonyl (C=O) groups excluding carboxylic acids is 1. The Morgan fingerprint density at radius 1 is 1.22 bits per heavy atom. The molecular formula is C19H18ClFO2. The van der Waals surface area contributed by atoms with E-state index in [2.05, 4.69) is 0 Å². The molecule has 0 saturated carbocycles. The van der Waals surface area contributed by atoms with Gasteiger partial charge in [-0.2, -0.15) is 0 Å². The topological polar surface area (TPSA) is 26.3 Å². The van der Waals surface area contributed by atoms with Gasteiger partial charge in [-0.15, -0.1) is 0 Å². The van der Waals surface area contributed by atoms with Crippen LogP contribution in [0.3, 0.4) is 0 Å². The molecule has 2 aromatic rings.